The maximum Gasteiger partial charge on any atom is 0.140 e. The quantitative estimate of drug-likeness (QED) is 0.657. The number of nitriles is 1. The molecule has 6 heteroatoms. The second-order valence-electron chi connectivity index (χ2n) is 12.0. The van der Waals surface area contributed by atoms with Crippen LogP contribution in [0.15, 0.2) is 6.20 Å². The minimum atomic E-state index is -0.604. The molecule has 3 N–H and O–H groups in total. The van der Waals surface area contributed by atoms with Gasteiger partial charge in [-0.1, -0.05) is 6.92 Å². The molecule has 1 aromatic heterocycles. The van der Waals surface area contributed by atoms with Gasteiger partial charge in [-0.15, -0.1) is 0 Å². The third kappa shape index (κ3) is 3.71. The number of hydrogen-bond donors (Lipinski definition) is 2. The second-order valence-corrected chi connectivity index (χ2v) is 12.0. The van der Waals surface area contributed by atoms with Crippen molar-refractivity contribution in [1.29, 1.82) is 5.26 Å². The van der Waals surface area contributed by atoms with Crippen molar-refractivity contribution in [2.24, 2.45) is 40.9 Å². The molecule has 33 heavy (non-hydrogen) atoms. The monoisotopic (exact) mass is 454 g/mol. The lowest BCUT2D eigenvalue weighted by Crippen LogP contribution is -2.52. The van der Waals surface area contributed by atoms with Crippen molar-refractivity contribution in [3.63, 3.8) is 0 Å². The maximum atomic E-state index is 11.1. The van der Waals surface area contributed by atoms with Gasteiger partial charge < -0.3 is 15.6 Å². The molecule has 5 rings (SSSR count). The molecule has 0 radical (unpaired) electrons. The van der Waals surface area contributed by atoms with Gasteiger partial charge >= 0.3 is 0 Å². The molecule has 4 aliphatic rings. The number of aliphatic hydroxyl groups is 1. The van der Waals surface area contributed by atoms with Gasteiger partial charge in [-0.3, -0.25) is 0 Å². The Morgan fingerprint density at radius 2 is 2.00 bits per heavy atom. The number of nitrogens with zero attached hydrogens (tertiary/aromatic N) is 3. The maximum absolute atomic E-state index is 11.1. The van der Waals surface area contributed by atoms with E-state index in [0.717, 1.165) is 36.5 Å². The Bertz CT molecular complexity index is 908. The molecule has 1 heterocycles. The lowest BCUT2D eigenvalue weighted by atomic mass is 9.48. The first-order valence-electron chi connectivity index (χ1n) is 13.3. The first kappa shape index (κ1) is 23.2. The predicted octanol–water partition coefficient (Wildman–Crippen LogP) is 4.93. The largest absolute Gasteiger partial charge is 0.387 e. The van der Waals surface area contributed by atoms with Gasteiger partial charge in [0, 0.05) is 6.61 Å². The average molecular weight is 455 g/mol. The first-order chi connectivity index (χ1) is 15.8. The van der Waals surface area contributed by atoms with Gasteiger partial charge in [0.1, 0.15) is 17.5 Å². The Kier molecular flexibility index (Phi) is 6.02. The molecule has 0 aromatic carbocycles. The Labute approximate surface area is 198 Å². The zero-order chi connectivity index (χ0) is 23.4. The summed E-state index contributed by atoms with van der Waals surface area (Å²) in [5, 5.41) is 24.9. The fourth-order valence-corrected chi connectivity index (χ4v) is 9.17. The molecule has 182 valence electrons. The molecule has 0 bridgehead atoms. The van der Waals surface area contributed by atoms with Gasteiger partial charge in [0.25, 0.3) is 0 Å². The van der Waals surface area contributed by atoms with Crippen LogP contribution in [0.1, 0.15) is 90.2 Å². The van der Waals surface area contributed by atoms with Crippen LogP contribution >= 0.6 is 0 Å². The smallest absolute Gasteiger partial charge is 0.140 e. The summed E-state index contributed by atoms with van der Waals surface area (Å²) in [6.45, 7) is 8.00. The highest BCUT2D eigenvalue weighted by molar-refractivity contribution is 5.47. The Morgan fingerprint density at radius 1 is 1.21 bits per heavy atom. The lowest BCUT2D eigenvalue weighted by molar-refractivity contribution is -0.129. The van der Waals surface area contributed by atoms with Crippen molar-refractivity contribution in [3.8, 4) is 6.07 Å². The number of anilines is 1. The van der Waals surface area contributed by atoms with Crippen LogP contribution in [0, 0.1) is 52.3 Å². The summed E-state index contributed by atoms with van der Waals surface area (Å²) in [6, 6.07) is 2.39. The Morgan fingerprint density at radius 3 is 2.73 bits per heavy atom. The third-order valence-corrected chi connectivity index (χ3v) is 10.7. The molecule has 4 aliphatic carbocycles. The van der Waals surface area contributed by atoms with Gasteiger partial charge in [-0.2, -0.15) is 10.4 Å². The normalized spacial score (nSPS) is 43.2. The van der Waals surface area contributed by atoms with Crippen molar-refractivity contribution in [2.75, 3.05) is 18.9 Å². The van der Waals surface area contributed by atoms with Gasteiger partial charge in [0.15, 0.2) is 0 Å². The summed E-state index contributed by atoms with van der Waals surface area (Å²) in [6.07, 6.45) is 12.4. The van der Waals surface area contributed by atoms with E-state index in [0.29, 0.717) is 41.8 Å². The summed E-state index contributed by atoms with van der Waals surface area (Å²) in [5.41, 5.74) is 6.48. The van der Waals surface area contributed by atoms with Gasteiger partial charge in [-0.05, 0) is 113 Å². The van der Waals surface area contributed by atoms with E-state index < -0.39 is 5.60 Å². The topological polar surface area (TPSA) is 97.1 Å². The predicted molar refractivity (Wildman–Crippen MR) is 128 cm³/mol. The summed E-state index contributed by atoms with van der Waals surface area (Å²) < 4.78 is 7.55. The van der Waals surface area contributed by atoms with E-state index in [-0.39, 0.29) is 6.04 Å². The summed E-state index contributed by atoms with van der Waals surface area (Å²) in [7, 11) is 0. The van der Waals surface area contributed by atoms with Gasteiger partial charge in [0.05, 0.1) is 24.4 Å². The molecular weight excluding hydrogens is 412 g/mol. The molecule has 6 nitrogen and oxygen atoms in total. The van der Waals surface area contributed by atoms with E-state index in [2.05, 4.69) is 25.0 Å². The first-order valence-corrected chi connectivity index (χ1v) is 13.3. The molecule has 1 aromatic rings. The standard InChI is InChI=1S/C27H42N4O2/c1-4-33-16-27(32)12-10-20-18(13-27)5-6-22-21(20)9-11-26(3)23(7-8-24(22)26)17(2)31-25(29)19(14-28)15-30-31/h15,17-18,20-24,32H,4-13,16,29H2,1-3H3/t17-,18+,20-,21+,22+,23?,24-,26+,27+/m0/s1. The van der Waals surface area contributed by atoms with Gasteiger partial charge in [-0.25, -0.2) is 4.68 Å². The SMILES string of the molecule is CCOC[C@@]1(O)CC[C@H]2[C@H](CC[C@@H]3[C@@H]2CC[C@]2(C)C([C@H](C)n4ncc(C#N)c4N)CC[C@@H]32)C1. The van der Waals surface area contributed by atoms with E-state index in [4.69, 9.17) is 10.5 Å². The number of nitrogen functional groups attached to an aromatic ring is 1. The van der Waals surface area contributed by atoms with Crippen molar-refractivity contribution in [2.45, 2.75) is 90.2 Å². The number of hydrogen-bond acceptors (Lipinski definition) is 5. The molecule has 0 spiro atoms. The second kappa shape index (κ2) is 8.57. The summed E-state index contributed by atoms with van der Waals surface area (Å²) in [4.78, 5) is 0. The fourth-order valence-electron chi connectivity index (χ4n) is 9.17. The molecule has 9 atom stereocenters. The van der Waals surface area contributed by atoms with E-state index >= 15 is 0 Å². The molecule has 1 unspecified atom stereocenters. The number of rotatable bonds is 5. The van der Waals surface area contributed by atoms with Crippen molar-refractivity contribution in [3.05, 3.63) is 11.8 Å². The summed E-state index contributed by atoms with van der Waals surface area (Å²) in [5.74, 6) is 4.95. The molecule has 0 saturated heterocycles. The number of fused-ring (bicyclic) bond motifs is 5. The molecular formula is C27H42N4O2. The van der Waals surface area contributed by atoms with E-state index in [9.17, 15) is 10.4 Å². The molecule has 4 fully saturated rings. The zero-order valence-electron chi connectivity index (χ0n) is 20.7. The van der Waals surface area contributed by atoms with Crippen LogP contribution in [0.3, 0.4) is 0 Å². The molecule has 0 aliphatic heterocycles. The van der Waals surface area contributed by atoms with Crippen LogP contribution in [-0.4, -0.2) is 33.7 Å². The van der Waals surface area contributed by atoms with Crippen LogP contribution < -0.4 is 5.73 Å². The van der Waals surface area contributed by atoms with E-state index in [1.165, 1.54) is 44.9 Å². The molecule has 0 amide bonds. The summed E-state index contributed by atoms with van der Waals surface area (Å²) >= 11 is 0. The highest BCUT2D eigenvalue weighted by Gasteiger charge is 2.58. The molecule has 4 saturated carbocycles. The highest BCUT2D eigenvalue weighted by Crippen LogP contribution is 2.66. The number of ether oxygens (including phenoxy) is 1. The van der Waals surface area contributed by atoms with Crippen LogP contribution in [0.2, 0.25) is 0 Å². The highest BCUT2D eigenvalue weighted by atomic mass is 16.5. The van der Waals surface area contributed by atoms with Crippen LogP contribution in [0.25, 0.3) is 0 Å². The minimum Gasteiger partial charge on any atom is -0.387 e. The van der Waals surface area contributed by atoms with Crippen LogP contribution in [0.5, 0.6) is 0 Å². The van der Waals surface area contributed by atoms with Gasteiger partial charge in [0.2, 0.25) is 0 Å². The minimum absolute atomic E-state index is 0.221. The van der Waals surface area contributed by atoms with Crippen LogP contribution in [0.4, 0.5) is 5.82 Å². The van der Waals surface area contributed by atoms with Crippen molar-refractivity contribution < 1.29 is 9.84 Å². The third-order valence-electron chi connectivity index (χ3n) is 10.7. The van der Waals surface area contributed by atoms with E-state index in [1.54, 1.807) is 6.20 Å². The van der Waals surface area contributed by atoms with E-state index in [1.807, 2.05) is 11.6 Å². The Hall–Kier alpha value is -1.58. The zero-order valence-corrected chi connectivity index (χ0v) is 20.7. The number of nitrogens with two attached hydrogens (primary N) is 1. The van der Waals surface area contributed by atoms with Crippen molar-refractivity contribution >= 4 is 5.82 Å². The Balaban J connectivity index is 1.31. The van der Waals surface area contributed by atoms with Crippen LogP contribution in [-0.2, 0) is 4.74 Å². The lowest BCUT2D eigenvalue weighted by Gasteiger charge is -2.57. The number of aromatic nitrogens is 2. The fraction of sp³-hybridized carbons (Fsp3) is 0.852. The average Bonchev–Trinajstić information content (AvgIpc) is 3.36. The van der Waals surface area contributed by atoms with Crippen molar-refractivity contribution in [1.82, 2.24) is 9.78 Å².